The molecule has 0 saturated carbocycles. The Morgan fingerprint density at radius 2 is 1.92 bits per heavy atom. The molecule has 0 bridgehead atoms. The quantitative estimate of drug-likeness (QED) is 0.461. The highest BCUT2D eigenvalue weighted by atomic mass is 16.6. The van der Waals surface area contributed by atoms with E-state index in [1.54, 1.807) is 19.2 Å². The van der Waals surface area contributed by atoms with Gasteiger partial charge in [-0.1, -0.05) is 12.1 Å². The lowest BCUT2D eigenvalue weighted by atomic mass is 10.0. The molecule has 7 nitrogen and oxygen atoms in total. The first-order valence-corrected chi connectivity index (χ1v) is 8.32. The Kier molecular flexibility index (Phi) is 5.06. The molecule has 1 aliphatic rings. The lowest BCUT2D eigenvalue weighted by molar-refractivity contribution is -0.385. The van der Waals surface area contributed by atoms with Gasteiger partial charge in [-0.05, 0) is 42.7 Å². The summed E-state index contributed by atoms with van der Waals surface area (Å²) in [6.45, 7) is 0.815. The van der Waals surface area contributed by atoms with Gasteiger partial charge < -0.3 is 14.4 Å². The molecule has 26 heavy (non-hydrogen) atoms. The molecule has 0 spiro atoms. The highest BCUT2D eigenvalue weighted by Crippen LogP contribution is 2.38. The Bertz CT molecular complexity index is 819. The van der Waals surface area contributed by atoms with Crippen molar-refractivity contribution in [2.45, 2.75) is 18.9 Å². The van der Waals surface area contributed by atoms with E-state index in [0.717, 1.165) is 36.4 Å². The van der Waals surface area contributed by atoms with Crippen LogP contribution < -0.4 is 9.64 Å². The number of nitro benzene ring substituents is 1. The summed E-state index contributed by atoms with van der Waals surface area (Å²) in [4.78, 5) is 24.8. The van der Waals surface area contributed by atoms with Crippen molar-refractivity contribution in [2.24, 2.45) is 0 Å². The number of carbonyl (C=O) groups excluding carboxylic acids is 1. The average molecular weight is 356 g/mol. The second-order valence-electron chi connectivity index (χ2n) is 6.07. The highest BCUT2D eigenvalue weighted by molar-refractivity contribution is 5.95. The second kappa shape index (κ2) is 7.43. The predicted molar refractivity (Wildman–Crippen MR) is 96.8 cm³/mol. The van der Waals surface area contributed by atoms with E-state index in [9.17, 15) is 14.9 Å². The molecule has 1 heterocycles. The van der Waals surface area contributed by atoms with Crippen LogP contribution in [0.4, 0.5) is 11.4 Å². The summed E-state index contributed by atoms with van der Waals surface area (Å²) in [5.74, 6) is 0.0837. The summed E-state index contributed by atoms with van der Waals surface area (Å²) in [5.41, 5.74) is 1.63. The molecule has 0 aliphatic carbocycles. The number of benzene rings is 2. The zero-order valence-corrected chi connectivity index (χ0v) is 14.7. The van der Waals surface area contributed by atoms with Crippen LogP contribution in [0.3, 0.4) is 0 Å². The van der Waals surface area contributed by atoms with Gasteiger partial charge in [0.2, 0.25) is 0 Å². The first-order valence-electron chi connectivity index (χ1n) is 8.32. The molecule has 7 heteroatoms. The van der Waals surface area contributed by atoms with Gasteiger partial charge in [0.25, 0.3) is 5.69 Å². The molecule has 0 aromatic heterocycles. The number of rotatable bonds is 5. The van der Waals surface area contributed by atoms with E-state index in [1.807, 2.05) is 24.3 Å². The molecule has 1 unspecified atom stereocenters. The van der Waals surface area contributed by atoms with Crippen LogP contribution in [0.1, 0.15) is 34.8 Å². The largest absolute Gasteiger partial charge is 0.497 e. The van der Waals surface area contributed by atoms with Gasteiger partial charge in [0, 0.05) is 18.3 Å². The third kappa shape index (κ3) is 3.33. The van der Waals surface area contributed by atoms with Crippen LogP contribution in [-0.4, -0.2) is 31.7 Å². The summed E-state index contributed by atoms with van der Waals surface area (Å²) in [6.07, 6.45) is 1.97. The van der Waals surface area contributed by atoms with E-state index >= 15 is 0 Å². The van der Waals surface area contributed by atoms with Gasteiger partial charge in [-0.2, -0.15) is 0 Å². The van der Waals surface area contributed by atoms with Crippen LogP contribution in [-0.2, 0) is 4.74 Å². The molecular formula is C19H20N2O5. The maximum atomic E-state index is 12.0. The molecule has 0 N–H and O–H groups in total. The number of carbonyl (C=O) groups is 1. The number of nitrogens with zero attached hydrogens (tertiary/aromatic N) is 2. The van der Waals surface area contributed by atoms with Gasteiger partial charge in [-0.15, -0.1) is 0 Å². The number of methoxy groups -OCH3 is 2. The SMILES string of the molecule is COC(=O)c1cc(N2CCCC2c2ccc(OC)cc2)ccc1[N+](=O)[O-]. The van der Waals surface area contributed by atoms with E-state index < -0.39 is 10.9 Å². The highest BCUT2D eigenvalue weighted by Gasteiger charge is 2.29. The van der Waals surface area contributed by atoms with E-state index in [4.69, 9.17) is 9.47 Å². The molecule has 1 aliphatic heterocycles. The van der Waals surface area contributed by atoms with Crippen molar-refractivity contribution in [3.05, 3.63) is 63.7 Å². The average Bonchev–Trinajstić information content (AvgIpc) is 3.16. The predicted octanol–water partition coefficient (Wildman–Crippen LogP) is 3.73. The topological polar surface area (TPSA) is 81.9 Å². The minimum Gasteiger partial charge on any atom is -0.497 e. The van der Waals surface area contributed by atoms with Crippen LogP contribution in [0, 0.1) is 10.1 Å². The summed E-state index contributed by atoms with van der Waals surface area (Å²) >= 11 is 0. The van der Waals surface area contributed by atoms with Crippen molar-refractivity contribution in [3.63, 3.8) is 0 Å². The van der Waals surface area contributed by atoms with Gasteiger partial charge in [-0.25, -0.2) is 4.79 Å². The minimum atomic E-state index is -0.709. The fraction of sp³-hybridized carbons (Fsp3) is 0.316. The molecule has 2 aromatic carbocycles. The zero-order chi connectivity index (χ0) is 18.7. The third-order valence-electron chi connectivity index (χ3n) is 4.67. The zero-order valence-electron chi connectivity index (χ0n) is 14.7. The van der Waals surface area contributed by atoms with Crippen LogP contribution in [0.5, 0.6) is 5.75 Å². The van der Waals surface area contributed by atoms with Gasteiger partial charge >= 0.3 is 5.97 Å². The third-order valence-corrected chi connectivity index (χ3v) is 4.67. The maximum Gasteiger partial charge on any atom is 0.344 e. The van der Waals surface area contributed by atoms with E-state index in [2.05, 4.69) is 4.90 Å². The molecule has 136 valence electrons. The van der Waals surface area contributed by atoms with Crippen molar-refractivity contribution in [1.82, 2.24) is 0 Å². The van der Waals surface area contributed by atoms with Gasteiger partial charge in [0.15, 0.2) is 0 Å². The van der Waals surface area contributed by atoms with Crippen LogP contribution in [0.15, 0.2) is 42.5 Å². The summed E-state index contributed by atoms with van der Waals surface area (Å²) in [6, 6.07) is 12.6. The van der Waals surface area contributed by atoms with Gasteiger partial charge in [0.05, 0.1) is 25.2 Å². The molecule has 0 radical (unpaired) electrons. The van der Waals surface area contributed by atoms with Gasteiger partial charge in [0.1, 0.15) is 11.3 Å². The van der Waals surface area contributed by atoms with E-state index in [1.165, 1.54) is 13.2 Å². The first kappa shape index (κ1) is 17.7. The summed E-state index contributed by atoms with van der Waals surface area (Å²) < 4.78 is 9.91. The number of nitro groups is 1. The molecular weight excluding hydrogens is 336 g/mol. The molecule has 1 atom stereocenters. The van der Waals surface area contributed by atoms with Crippen molar-refractivity contribution >= 4 is 17.3 Å². The number of hydrogen-bond acceptors (Lipinski definition) is 6. The molecule has 0 amide bonds. The monoisotopic (exact) mass is 356 g/mol. The fourth-order valence-electron chi connectivity index (χ4n) is 3.38. The van der Waals surface area contributed by atoms with E-state index in [-0.39, 0.29) is 17.3 Å². The Hall–Kier alpha value is -3.09. The molecule has 1 saturated heterocycles. The maximum absolute atomic E-state index is 12.0. The smallest absolute Gasteiger partial charge is 0.344 e. The van der Waals surface area contributed by atoms with E-state index in [0.29, 0.717) is 0 Å². The fourth-order valence-corrected chi connectivity index (χ4v) is 3.38. The summed E-state index contributed by atoms with van der Waals surface area (Å²) in [5, 5.41) is 11.2. The lowest BCUT2D eigenvalue weighted by Gasteiger charge is -2.27. The second-order valence-corrected chi connectivity index (χ2v) is 6.07. The Morgan fingerprint density at radius 3 is 2.54 bits per heavy atom. The molecule has 2 aromatic rings. The van der Waals surface area contributed by atoms with Crippen LogP contribution >= 0.6 is 0 Å². The number of hydrogen-bond donors (Lipinski definition) is 0. The Morgan fingerprint density at radius 1 is 1.19 bits per heavy atom. The number of ether oxygens (including phenoxy) is 2. The van der Waals surface area contributed by atoms with Gasteiger partial charge in [-0.3, -0.25) is 10.1 Å². The number of anilines is 1. The molecule has 1 fully saturated rings. The van der Waals surface area contributed by atoms with Crippen molar-refractivity contribution in [2.75, 3.05) is 25.7 Å². The Balaban J connectivity index is 1.96. The molecule has 3 rings (SSSR count). The van der Waals surface area contributed by atoms with Crippen molar-refractivity contribution < 1.29 is 19.2 Å². The summed E-state index contributed by atoms with van der Waals surface area (Å²) in [7, 11) is 2.84. The van der Waals surface area contributed by atoms with Crippen molar-refractivity contribution in [3.8, 4) is 5.75 Å². The standard InChI is InChI=1S/C19H20N2O5/c1-25-15-8-5-13(6-9-15)17-4-3-11-20(17)14-7-10-18(21(23)24)16(12-14)19(22)26-2/h5-10,12,17H,3-4,11H2,1-2H3. The minimum absolute atomic E-state index is 0.0321. The van der Waals surface area contributed by atoms with Crippen LogP contribution in [0.2, 0.25) is 0 Å². The lowest BCUT2D eigenvalue weighted by Crippen LogP contribution is -2.23. The van der Waals surface area contributed by atoms with Crippen molar-refractivity contribution in [1.29, 1.82) is 0 Å². The Labute approximate surface area is 151 Å². The first-order chi connectivity index (χ1) is 12.5. The number of esters is 1. The normalized spacial score (nSPS) is 16.4. The van der Waals surface area contributed by atoms with Crippen LogP contribution in [0.25, 0.3) is 0 Å².